The van der Waals surface area contributed by atoms with Gasteiger partial charge in [-0.25, -0.2) is 33.6 Å². The molecule has 0 amide bonds. The number of amidine groups is 1. The Bertz CT molecular complexity index is 1110. The van der Waals surface area contributed by atoms with Crippen molar-refractivity contribution in [2.24, 2.45) is 4.99 Å². The summed E-state index contributed by atoms with van der Waals surface area (Å²) in [5.41, 5.74) is 3.82. The molecule has 0 aliphatic carbocycles. The number of hydroxylamine groups is 1. The number of hydrogen-bond donors (Lipinski definition) is 2. The van der Waals surface area contributed by atoms with E-state index in [4.69, 9.17) is 9.57 Å². The predicted octanol–water partition coefficient (Wildman–Crippen LogP) is 3.21. The van der Waals surface area contributed by atoms with Crippen LogP contribution in [0, 0.1) is 11.6 Å². The van der Waals surface area contributed by atoms with Crippen LogP contribution in [0.15, 0.2) is 35.6 Å². The van der Waals surface area contributed by atoms with Gasteiger partial charge in [-0.05, 0) is 32.9 Å². The molecule has 4 rings (SSSR count). The number of halogens is 2. The maximum absolute atomic E-state index is 13.7. The van der Waals surface area contributed by atoms with Gasteiger partial charge in [0.05, 0.1) is 24.9 Å². The van der Waals surface area contributed by atoms with Gasteiger partial charge in [0.2, 0.25) is 0 Å². The molecule has 152 valence electrons. The third kappa shape index (κ3) is 3.58. The molecule has 0 fully saturated rings. The monoisotopic (exact) mass is 402 g/mol. The predicted molar refractivity (Wildman–Crippen MR) is 103 cm³/mol. The van der Waals surface area contributed by atoms with E-state index >= 15 is 0 Å². The molecule has 0 saturated carbocycles. The van der Waals surface area contributed by atoms with E-state index in [-0.39, 0.29) is 5.75 Å². The van der Waals surface area contributed by atoms with Crippen molar-refractivity contribution in [1.29, 1.82) is 0 Å². The fraction of sp³-hybridized carbons (Fsp3) is 0.316. The molecule has 8 nitrogen and oxygen atoms in total. The number of fused-ring (bicyclic) bond motifs is 1. The summed E-state index contributed by atoms with van der Waals surface area (Å²) >= 11 is 0. The summed E-state index contributed by atoms with van der Waals surface area (Å²) in [4.78, 5) is 14.5. The Morgan fingerprint density at radius 1 is 1.28 bits per heavy atom. The Kier molecular flexibility index (Phi) is 4.58. The van der Waals surface area contributed by atoms with Gasteiger partial charge in [0.25, 0.3) is 0 Å². The molecule has 29 heavy (non-hydrogen) atoms. The molecule has 0 radical (unpaired) electrons. The lowest BCUT2D eigenvalue weighted by Gasteiger charge is -2.18. The van der Waals surface area contributed by atoms with Crippen LogP contribution in [0.1, 0.15) is 37.9 Å². The van der Waals surface area contributed by atoms with Crippen LogP contribution in [-0.2, 0) is 4.84 Å². The van der Waals surface area contributed by atoms with E-state index < -0.39 is 23.4 Å². The van der Waals surface area contributed by atoms with Crippen molar-refractivity contribution < 1.29 is 18.4 Å². The number of benzene rings is 1. The van der Waals surface area contributed by atoms with Crippen molar-refractivity contribution >= 4 is 17.3 Å². The Hall–Kier alpha value is -3.27. The second-order valence-electron chi connectivity index (χ2n) is 7.12. The highest BCUT2D eigenvalue weighted by molar-refractivity contribution is 6.03. The molecular weight excluding hydrogens is 382 g/mol. The standard InChI is InChI=1S/C19H20F2N6O2/c1-10(11-7-13(20)14(21)8-15(11)28-4)23-16-5-6-27-18(24-16)12(9-22-27)17-25-19(2,3)29-26-17/h5-10H,1-4H3,(H,23,24)(H,25,26)/t10-/m1/s1. The van der Waals surface area contributed by atoms with Gasteiger partial charge in [0, 0.05) is 17.8 Å². The number of rotatable bonds is 5. The maximum Gasteiger partial charge on any atom is 0.182 e. The van der Waals surface area contributed by atoms with Crippen LogP contribution in [0.5, 0.6) is 5.75 Å². The average molecular weight is 402 g/mol. The second-order valence-corrected chi connectivity index (χ2v) is 7.12. The number of anilines is 1. The Labute approximate surface area is 165 Å². The van der Waals surface area contributed by atoms with Crippen LogP contribution in [0.25, 0.3) is 5.65 Å². The summed E-state index contributed by atoms with van der Waals surface area (Å²) in [6.07, 6.45) is 3.38. The fourth-order valence-corrected chi connectivity index (χ4v) is 3.08. The molecule has 2 aromatic heterocycles. The van der Waals surface area contributed by atoms with Crippen molar-refractivity contribution in [3.05, 3.63) is 53.4 Å². The van der Waals surface area contributed by atoms with Gasteiger partial charge < -0.3 is 10.1 Å². The first-order valence-electron chi connectivity index (χ1n) is 8.95. The van der Waals surface area contributed by atoms with Crippen molar-refractivity contribution in [2.75, 3.05) is 12.4 Å². The minimum Gasteiger partial charge on any atom is -0.496 e. The number of nitrogens with zero attached hydrogens (tertiary/aromatic N) is 4. The summed E-state index contributed by atoms with van der Waals surface area (Å²) in [5, 5.41) is 7.46. The first kappa shape index (κ1) is 19.1. The topological polar surface area (TPSA) is 85.1 Å². The Morgan fingerprint density at radius 2 is 2.03 bits per heavy atom. The van der Waals surface area contributed by atoms with Crippen molar-refractivity contribution in [3.8, 4) is 5.75 Å². The highest BCUT2D eigenvalue weighted by atomic mass is 19.2. The van der Waals surface area contributed by atoms with Gasteiger partial charge in [0.15, 0.2) is 28.8 Å². The van der Waals surface area contributed by atoms with Gasteiger partial charge in [-0.3, -0.25) is 0 Å². The van der Waals surface area contributed by atoms with Crippen molar-refractivity contribution in [3.63, 3.8) is 0 Å². The molecule has 0 saturated heterocycles. The highest BCUT2D eigenvalue weighted by Crippen LogP contribution is 2.30. The zero-order chi connectivity index (χ0) is 20.8. The van der Waals surface area contributed by atoms with Gasteiger partial charge >= 0.3 is 0 Å². The molecule has 0 spiro atoms. The number of ether oxygens (including phenoxy) is 1. The van der Waals surface area contributed by atoms with Gasteiger partial charge in [-0.15, -0.1) is 0 Å². The normalized spacial score (nSPS) is 16.4. The molecular formula is C19H20F2N6O2. The van der Waals surface area contributed by atoms with E-state index in [1.165, 1.54) is 7.11 Å². The summed E-state index contributed by atoms with van der Waals surface area (Å²) in [5.74, 6) is -0.596. The van der Waals surface area contributed by atoms with Crippen LogP contribution in [0.2, 0.25) is 0 Å². The van der Waals surface area contributed by atoms with Crippen LogP contribution < -0.4 is 15.5 Å². The Morgan fingerprint density at radius 3 is 2.72 bits per heavy atom. The third-order valence-electron chi connectivity index (χ3n) is 4.51. The SMILES string of the molecule is COc1cc(F)c(F)cc1[C@@H](C)Nc1ccn2ncc(C3=NC(C)(C)ON3)c2n1. The summed E-state index contributed by atoms with van der Waals surface area (Å²) in [6, 6.07) is 3.48. The lowest BCUT2D eigenvalue weighted by Crippen LogP contribution is -2.23. The first-order valence-corrected chi connectivity index (χ1v) is 8.95. The quantitative estimate of drug-likeness (QED) is 0.682. The fourth-order valence-electron chi connectivity index (χ4n) is 3.08. The van der Waals surface area contributed by atoms with Crippen LogP contribution >= 0.6 is 0 Å². The lowest BCUT2D eigenvalue weighted by atomic mass is 10.1. The average Bonchev–Trinajstić information content (AvgIpc) is 3.25. The van der Waals surface area contributed by atoms with Crippen molar-refractivity contribution in [1.82, 2.24) is 20.1 Å². The molecule has 10 heteroatoms. The highest BCUT2D eigenvalue weighted by Gasteiger charge is 2.28. The number of aliphatic imine (C=N–C) groups is 1. The van der Waals surface area contributed by atoms with Crippen molar-refractivity contribution in [2.45, 2.75) is 32.5 Å². The third-order valence-corrected chi connectivity index (χ3v) is 4.51. The van der Waals surface area contributed by atoms with E-state index in [1.54, 1.807) is 29.9 Å². The van der Waals surface area contributed by atoms with E-state index in [2.05, 4.69) is 25.9 Å². The largest absolute Gasteiger partial charge is 0.496 e. The minimum atomic E-state index is -0.962. The summed E-state index contributed by atoms with van der Waals surface area (Å²) < 4.78 is 34.0. The van der Waals surface area contributed by atoms with Gasteiger partial charge in [-0.2, -0.15) is 5.10 Å². The zero-order valence-corrected chi connectivity index (χ0v) is 16.3. The van der Waals surface area contributed by atoms with Crippen LogP contribution in [-0.4, -0.2) is 33.3 Å². The maximum atomic E-state index is 13.7. The van der Waals surface area contributed by atoms with Crippen LogP contribution in [0.4, 0.5) is 14.6 Å². The number of hydrogen-bond acceptors (Lipinski definition) is 7. The Balaban J connectivity index is 1.66. The molecule has 0 unspecified atom stereocenters. The van der Waals surface area contributed by atoms with E-state index in [0.717, 1.165) is 12.1 Å². The zero-order valence-electron chi connectivity index (χ0n) is 16.3. The summed E-state index contributed by atoms with van der Waals surface area (Å²) in [7, 11) is 1.41. The molecule has 1 aliphatic rings. The van der Waals surface area contributed by atoms with E-state index in [9.17, 15) is 8.78 Å². The molecule has 0 bridgehead atoms. The van der Waals surface area contributed by atoms with E-state index in [0.29, 0.717) is 28.4 Å². The van der Waals surface area contributed by atoms with Gasteiger partial charge in [-0.1, -0.05) is 0 Å². The first-order chi connectivity index (χ1) is 13.8. The smallest absolute Gasteiger partial charge is 0.182 e. The lowest BCUT2D eigenvalue weighted by molar-refractivity contribution is -0.0269. The van der Waals surface area contributed by atoms with Gasteiger partial charge in [0.1, 0.15) is 11.6 Å². The molecule has 1 aromatic carbocycles. The molecule has 3 aromatic rings. The molecule has 1 aliphatic heterocycles. The number of methoxy groups -OCH3 is 1. The molecule has 1 atom stereocenters. The molecule has 2 N–H and O–H groups in total. The number of nitrogens with one attached hydrogen (secondary N) is 2. The minimum absolute atomic E-state index is 0.249. The van der Waals surface area contributed by atoms with Crippen LogP contribution in [0.3, 0.4) is 0 Å². The number of aromatic nitrogens is 3. The van der Waals surface area contributed by atoms with E-state index in [1.807, 2.05) is 13.8 Å². The molecule has 3 heterocycles. The second kappa shape index (κ2) is 6.96. The summed E-state index contributed by atoms with van der Waals surface area (Å²) in [6.45, 7) is 5.46.